The quantitative estimate of drug-likeness (QED) is 0.381. The fourth-order valence-corrected chi connectivity index (χ4v) is 5.44. The van der Waals surface area contributed by atoms with E-state index in [1.165, 1.54) is 0 Å². The molecule has 8 heteroatoms. The van der Waals surface area contributed by atoms with Crippen LogP contribution in [0.25, 0.3) is 11.1 Å². The Morgan fingerprint density at radius 1 is 1.08 bits per heavy atom. The van der Waals surface area contributed by atoms with Gasteiger partial charge in [0.05, 0.1) is 25.4 Å². The molecule has 0 radical (unpaired) electrons. The molecule has 2 atom stereocenters. The molecule has 0 saturated carbocycles. The molecular weight excluding hydrogens is 494 g/mol. The van der Waals surface area contributed by atoms with Crippen molar-refractivity contribution < 1.29 is 24.2 Å². The lowest BCUT2D eigenvalue weighted by Crippen LogP contribution is -2.38. The van der Waals surface area contributed by atoms with Gasteiger partial charge in [0.15, 0.2) is 0 Å². The number of carboxylic acids is 1. The zero-order chi connectivity index (χ0) is 27.7. The van der Waals surface area contributed by atoms with Gasteiger partial charge in [-0.05, 0) is 69.0 Å². The second-order valence-corrected chi connectivity index (χ2v) is 10.5. The second kappa shape index (κ2) is 11.0. The van der Waals surface area contributed by atoms with E-state index >= 15 is 0 Å². The van der Waals surface area contributed by atoms with Crippen LogP contribution in [-0.4, -0.2) is 53.3 Å². The number of anilines is 1. The number of rotatable bonds is 9. The Balaban J connectivity index is 1.51. The third-order valence-corrected chi connectivity index (χ3v) is 7.61. The lowest BCUT2D eigenvalue weighted by molar-refractivity contribution is -0.136. The SMILES string of the molecule is COc1ccc(CCC(=O)O)cc1-c1ccc(N2CCC2)nc1CN1C(=O)O[C@H](c2cc(C)cc(C)c2)[C@@H]1C. The fraction of sp³-hybridized carbons (Fsp3) is 0.387. The van der Waals surface area contributed by atoms with Gasteiger partial charge in [0.2, 0.25) is 0 Å². The van der Waals surface area contributed by atoms with Gasteiger partial charge in [-0.25, -0.2) is 9.78 Å². The predicted molar refractivity (Wildman–Crippen MR) is 149 cm³/mol. The summed E-state index contributed by atoms with van der Waals surface area (Å²) in [5.41, 5.74) is 6.58. The molecule has 3 aromatic rings. The third-order valence-electron chi connectivity index (χ3n) is 7.61. The lowest BCUT2D eigenvalue weighted by Gasteiger charge is -2.33. The number of aliphatic carboxylic acids is 1. The van der Waals surface area contributed by atoms with Gasteiger partial charge >= 0.3 is 12.1 Å². The standard InChI is InChI=1S/C31H35N3O5/c1-19-14-20(2)16-23(15-19)30-21(3)34(31(37)39-30)18-26-24(8-10-28(32-26)33-12-5-13-33)25-17-22(7-11-29(35)36)6-9-27(25)38-4/h6,8-10,14-17,21,30H,5,7,11-13,18H2,1-4H3,(H,35,36)/t21-,30-/m0/s1. The summed E-state index contributed by atoms with van der Waals surface area (Å²) >= 11 is 0. The molecule has 2 fully saturated rings. The van der Waals surface area contributed by atoms with Gasteiger partial charge in [-0.15, -0.1) is 0 Å². The number of carboxylic acid groups (broad SMARTS) is 1. The number of carbonyl (C=O) groups excluding carboxylic acids is 1. The molecule has 0 aliphatic carbocycles. The summed E-state index contributed by atoms with van der Waals surface area (Å²) in [4.78, 5) is 33.4. The smallest absolute Gasteiger partial charge is 0.411 e. The Morgan fingerprint density at radius 3 is 2.46 bits per heavy atom. The van der Waals surface area contributed by atoms with Gasteiger partial charge in [0.25, 0.3) is 0 Å². The minimum atomic E-state index is -0.839. The maximum absolute atomic E-state index is 13.2. The number of methoxy groups -OCH3 is 1. The van der Waals surface area contributed by atoms with Crippen molar-refractivity contribution in [3.05, 3.63) is 76.5 Å². The predicted octanol–water partition coefficient (Wildman–Crippen LogP) is 5.68. The van der Waals surface area contributed by atoms with Gasteiger partial charge in [0, 0.05) is 30.6 Å². The van der Waals surface area contributed by atoms with Crippen molar-refractivity contribution in [2.75, 3.05) is 25.1 Å². The van der Waals surface area contributed by atoms with Crippen LogP contribution >= 0.6 is 0 Å². The monoisotopic (exact) mass is 529 g/mol. The van der Waals surface area contributed by atoms with Crippen molar-refractivity contribution in [2.24, 2.45) is 0 Å². The summed E-state index contributed by atoms with van der Waals surface area (Å²) < 4.78 is 11.6. The largest absolute Gasteiger partial charge is 0.496 e. The highest BCUT2D eigenvalue weighted by molar-refractivity contribution is 5.76. The van der Waals surface area contributed by atoms with E-state index in [2.05, 4.69) is 23.1 Å². The van der Waals surface area contributed by atoms with E-state index in [0.29, 0.717) is 12.2 Å². The summed E-state index contributed by atoms with van der Waals surface area (Å²) in [6.07, 6.45) is 0.851. The zero-order valence-corrected chi connectivity index (χ0v) is 22.9. The highest BCUT2D eigenvalue weighted by atomic mass is 16.6. The van der Waals surface area contributed by atoms with Crippen LogP contribution < -0.4 is 9.64 Å². The van der Waals surface area contributed by atoms with Crippen molar-refractivity contribution in [3.8, 4) is 16.9 Å². The van der Waals surface area contributed by atoms with Gasteiger partial charge in [-0.2, -0.15) is 0 Å². The zero-order valence-electron chi connectivity index (χ0n) is 22.9. The molecule has 0 unspecified atom stereocenters. The van der Waals surface area contributed by atoms with Gasteiger partial charge in [-0.3, -0.25) is 9.69 Å². The Labute approximate surface area is 229 Å². The van der Waals surface area contributed by atoms with E-state index in [-0.39, 0.29) is 31.2 Å². The summed E-state index contributed by atoms with van der Waals surface area (Å²) in [6, 6.07) is 15.8. The molecular formula is C31H35N3O5. The van der Waals surface area contributed by atoms with Crippen LogP contribution in [0.3, 0.4) is 0 Å². The number of amides is 1. The highest BCUT2D eigenvalue weighted by Crippen LogP contribution is 2.38. The maximum atomic E-state index is 13.2. The number of hydrogen-bond donors (Lipinski definition) is 1. The first-order valence-corrected chi connectivity index (χ1v) is 13.4. The molecule has 0 spiro atoms. The molecule has 2 aromatic carbocycles. The van der Waals surface area contributed by atoms with E-state index in [9.17, 15) is 14.7 Å². The minimum absolute atomic E-state index is 0.0434. The van der Waals surface area contributed by atoms with Crippen LogP contribution in [0.4, 0.5) is 10.6 Å². The second-order valence-electron chi connectivity index (χ2n) is 10.5. The van der Waals surface area contributed by atoms with Crippen LogP contribution in [0.1, 0.15) is 53.8 Å². The molecule has 204 valence electrons. The average Bonchev–Trinajstić information content (AvgIpc) is 3.14. The highest BCUT2D eigenvalue weighted by Gasteiger charge is 2.40. The molecule has 1 N–H and O–H groups in total. The van der Waals surface area contributed by atoms with Crippen molar-refractivity contribution in [1.82, 2.24) is 9.88 Å². The molecule has 39 heavy (non-hydrogen) atoms. The third kappa shape index (κ3) is 5.55. The molecule has 2 saturated heterocycles. The number of nitrogens with zero attached hydrogens (tertiary/aromatic N) is 3. The molecule has 1 amide bonds. The van der Waals surface area contributed by atoms with Crippen LogP contribution in [0, 0.1) is 13.8 Å². The van der Waals surface area contributed by atoms with E-state index in [1.54, 1.807) is 12.0 Å². The number of aryl methyl sites for hydroxylation is 3. The van der Waals surface area contributed by atoms with Crippen molar-refractivity contribution >= 4 is 17.9 Å². The first-order valence-electron chi connectivity index (χ1n) is 13.4. The first-order chi connectivity index (χ1) is 18.7. The first kappa shape index (κ1) is 26.5. The van der Waals surface area contributed by atoms with Crippen LogP contribution in [0.15, 0.2) is 48.5 Å². The van der Waals surface area contributed by atoms with Crippen molar-refractivity contribution in [1.29, 1.82) is 0 Å². The van der Waals surface area contributed by atoms with E-state index in [0.717, 1.165) is 64.4 Å². The number of hydrogen-bond acceptors (Lipinski definition) is 6. The molecule has 8 nitrogen and oxygen atoms in total. The number of ether oxygens (including phenoxy) is 2. The molecule has 3 heterocycles. The van der Waals surface area contributed by atoms with Crippen molar-refractivity contribution in [2.45, 2.75) is 58.7 Å². The number of carbonyl (C=O) groups is 2. The summed E-state index contributed by atoms with van der Waals surface area (Å²) in [6.45, 7) is 8.30. The van der Waals surface area contributed by atoms with Crippen LogP contribution in [-0.2, 0) is 22.5 Å². The van der Waals surface area contributed by atoms with E-state index in [1.807, 2.05) is 51.1 Å². The lowest BCUT2D eigenvalue weighted by atomic mass is 9.97. The number of benzene rings is 2. The molecule has 2 aliphatic rings. The number of pyridine rings is 1. The minimum Gasteiger partial charge on any atom is -0.496 e. The maximum Gasteiger partial charge on any atom is 0.411 e. The average molecular weight is 530 g/mol. The molecule has 0 bridgehead atoms. The van der Waals surface area contributed by atoms with Crippen LogP contribution in [0.5, 0.6) is 5.75 Å². The Hall–Kier alpha value is -4.07. The molecule has 1 aromatic heterocycles. The molecule has 2 aliphatic heterocycles. The molecule has 5 rings (SSSR count). The van der Waals surface area contributed by atoms with E-state index in [4.69, 9.17) is 14.5 Å². The summed E-state index contributed by atoms with van der Waals surface area (Å²) in [5, 5.41) is 9.17. The Morgan fingerprint density at radius 2 is 1.82 bits per heavy atom. The van der Waals surface area contributed by atoms with E-state index < -0.39 is 5.97 Å². The normalized spacial score (nSPS) is 18.6. The van der Waals surface area contributed by atoms with Gasteiger partial charge in [-0.1, -0.05) is 35.4 Å². The van der Waals surface area contributed by atoms with Crippen molar-refractivity contribution in [3.63, 3.8) is 0 Å². The van der Waals surface area contributed by atoms with Gasteiger partial charge in [0.1, 0.15) is 17.7 Å². The summed E-state index contributed by atoms with van der Waals surface area (Å²) in [7, 11) is 1.62. The summed E-state index contributed by atoms with van der Waals surface area (Å²) in [5.74, 6) is 0.708. The van der Waals surface area contributed by atoms with Gasteiger partial charge < -0.3 is 19.5 Å². The number of aromatic nitrogens is 1. The fourth-order valence-electron chi connectivity index (χ4n) is 5.44. The Kier molecular flexibility index (Phi) is 7.46. The number of cyclic esters (lactones) is 1. The van der Waals surface area contributed by atoms with Crippen LogP contribution in [0.2, 0.25) is 0 Å². The topological polar surface area (TPSA) is 92.2 Å². The Bertz CT molecular complexity index is 1380.